The lowest BCUT2D eigenvalue weighted by molar-refractivity contribution is 0.607. The molecule has 0 amide bonds. The second-order valence-corrected chi connectivity index (χ2v) is 7.19. The van der Waals surface area contributed by atoms with E-state index in [4.69, 9.17) is 5.73 Å². The maximum Gasteiger partial charge on any atom is 0.229 e. The molecular weight excluding hydrogens is 286 g/mol. The fourth-order valence-corrected chi connectivity index (χ4v) is 2.90. The number of nitrogens with one attached hydrogen (secondary N) is 1. The Morgan fingerprint density at radius 3 is 2.62 bits per heavy atom. The van der Waals surface area contributed by atoms with Crippen LogP contribution in [0.15, 0.2) is 42.6 Å². The van der Waals surface area contributed by atoms with E-state index < -0.39 is 10.0 Å². The molecule has 3 rings (SSSR count). The molecule has 21 heavy (non-hydrogen) atoms. The summed E-state index contributed by atoms with van der Waals surface area (Å²) in [5, 5.41) is 0. The normalized spacial score (nSPS) is 21.0. The van der Waals surface area contributed by atoms with Crippen LogP contribution in [0.2, 0.25) is 0 Å². The van der Waals surface area contributed by atoms with Gasteiger partial charge in [0.2, 0.25) is 10.0 Å². The highest BCUT2D eigenvalue weighted by atomic mass is 32.2. The molecule has 5 nitrogen and oxygen atoms in total. The third-order valence-corrected chi connectivity index (χ3v) is 4.12. The predicted molar refractivity (Wildman–Crippen MR) is 83.5 cm³/mol. The van der Waals surface area contributed by atoms with Crippen molar-refractivity contribution in [1.29, 1.82) is 0 Å². The van der Waals surface area contributed by atoms with Crippen LogP contribution in [0.25, 0.3) is 11.3 Å². The SMILES string of the molecule is CS(=O)(=O)Nc1cccc(-c2ccc(C3C[C@@H]3N)cn2)c1. The first-order chi connectivity index (χ1) is 9.92. The minimum Gasteiger partial charge on any atom is -0.327 e. The summed E-state index contributed by atoms with van der Waals surface area (Å²) in [6.07, 6.45) is 4.00. The van der Waals surface area contributed by atoms with E-state index in [-0.39, 0.29) is 6.04 Å². The Bertz CT molecular complexity index is 757. The van der Waals surface area contributed by atoms with Crippen LogP contribution in [0.1, 0.15) is 17.9 Å². The Hall–Kier alpha value is -1.92. The molecule has 1 aliphatic rings. The molecule has 2 aromatic rings. The molecule has 3 N–H and O–H groups in total. The number of benzene rings is 1. The van der Waals surface area contributed by atoms with Gasteiger partial charge in [-0.3, -0.25) is 9.71 Å². The molecule has 1 aromatic carbocycles. The second-order valence-electron chi connectivity index (χ2n) is 5.44. The van der Waals surface area contributed by atoms with E-state index >= 15 is 0 Å². The first kappa shape index (κ1) is 14.0. The van der Waals surface area contributed by atoms with Gasteiger partial charge in [0.1, 0.15) is 0 Å². The number of pyridine rings is 1. The Morgan fingerprint density at radius 1 is 1.29 bits per heavy atom. The number of hydrogen-bond donors (Lipinski definition) is 2. The van der Waals surface area contributed by atoms with Gasteiger partial charge in [-0.05, 0) is 30.2 Å². The zero-order valence-corrected chi connectivity index (χ0v) is 12.5. The van der Waals surface area contributed by atoms with Crippen molar-refractivity contribution >= 4 is 15.7 Å². The Balaban J connectivity index is 1.84. The molecule has 2 atom stereocenters. The number of nitrogens with zero attached hydrogens (tertiary/aromatic N) is 1. The summed E-state index contributed by atoms with van der Waals surface area (Å²) >= 11 is 0. The fourth-order valence-electron chi connectivity index (χ4n) is 2.35. The summed E-state index contributed by atoms with van der Waals surface area (Å²) in [5.41, 5.74) is 9.21. The summed E-state index contributed by atoms with van der Waals surface area (Å²) in [5.74, 6) is 0.435. The van der Waals surface area contributed by atoms with Crippen molar-refractivity contribution in [3.05, 3.63) is 48.2 Å². The first-order valence-electron chi connectivity index (χ1n) is 6.72. The number of nitrogens with two attached hydrogens (primary N) is 1. The van der Waals surface area contributed by atoms with Crippen LogP contribution < -0.4 is 10.5 Å². The van der Waals surface area contributed by atoms with Crippen LogP contribution in [0, 0.1) is 0 Å². The minimum absolute atomic E-state index is 0.264. The summed E-state index contributed by atoms with van der Waals surface area (Å²) in [6, 6.07) is 11.4. The van der Waals surface area contributed by atoms with Gasteiger partial charge in [-0.2, -0.15) is 0 Å². The smallest absolute Gasteiger partial charge is 0.229 e. The molecule has 1 aliphatic carbocycles. The van der Waals surface area contributed by atoms with Gasteiger partial charge < -0.3 is 5.73 Å². The molecule has 0 bridgehead atoms. The van der Waals surface area contributed by atoms with Gasteiger partial charge in [-0.1, -0.05) is 18.2 Å². The van der Waals surface area contributed by atoms with E-state index in [9.17, 15) is 8.42 Å². The number of rotatable bonds is 4. The third kappa shape index (κ3) is 3.40. The van der Waals surface area contributed by atoms with Gasteiger partial charge >= 0.3 is 0 Å². The first-order valence-corrected chi connectivity index (χ1v) is 8.61. The standard InChI is InChI=1S/C15H17N3O2S/c1-21(19,20)18-12-4-2-3-10(7-12)15-6-5-11(9-17-15)13-8-14(13)16/h2-7,9,13-14,18H,8,16H2,1H3/t13?,14-/m0/s1. The van der Waals surface area contributed by atoms with Crippen LogP contribution >= 0.6 is 0 Å². The number of sulfonamides is 1. The maximum atomic E-state index is 11.3. The van der Waals surface area contributed by atoms with Gasteiger partial charge in [0.25, 0.3) is 0 Å². The van der Waals surface area contributed by atoms with Crippen molar-refractivity contribution in [1.82, 2.24) is 4.98 Å². The zero-order valence-electron chi connectivity index (χ0n) is 11.7. The summed E-state index contributed by atoms with van der Waals surface area (Å²) in [6.45, 7) is 0. The molecule has 0 spiro atoms. The highest BCUT2D eigenvalue weighted by Crippen LogP contribution is 2.38. The number of hydrogen-bond acceptors (Lipinski definition) is 4. The van der Waals surface area contributed by atoms with Gasteiger partial charge in [0.15, 0.2) is 0 Å². The molecule has 0 radical (unpaired) electrons. The molecule has 1 aromatic heterocycles. The average molecular weight is 303 g/mol. The van der Waals surface area contributed by atoms with Crippen LogP contribution in [0.3, 0.4) is 0 Å². The Labute approximate surface area is 124 Å². The predicted octanol–water partition coefficient (Wildman–Crippen LogP) is 1.93. The molecule has 110 valence electrons. The molecule has 0 saturated heterocycles. The van der Waals surface area contributed by atoms with Gasteiger partial charge in [0.05, 0.1) is 11.9 Å². The highest BCUT2D eigenvalue weighted by Gasteiger charge is 2.34. The van der Waals surface area contributed by atoms with Crippen molar-refractivity contribution in [3.8, 4) is 11.3 Å². The van der Waals surface area contributed by atoms with Gasteiger partial charge in [-0.15, -0.1) is 0 Å². The van der Waals surface area contributed by atoms with E-state index in [1.807, 2.05) is 24.4 Å². The molecule has 1 heterocycles. The van der Waals surface area contributed by atoms with Crippen molar-refractivity contribution in [2.75, 3.05) is 11.0 Å². The largest absolute Gasteiger partial charge is 0.327 e. The van der Waals surface area contributed by atoms with Crippen LogP contribution in [0.4, 0.5) is 5.69 Å². The molecule has 0 aliphatic heterocycles. The Kier molecular flexibility index (Phi) is 3.43. The lowest BCUT2D eigenvalue weighted by Gasteiger charge is -2.07. The van der Waals surface area contributed by atoms with Crippen LogP contribution in [-0.4, -0.2) is 25.7 Å². The fraction of sp³-hybridized carbons (Fsp3) is 0.267. The molecule has 6 heteroatoms. The van der Waals surface area contributed by atoms with Gasteiger partial charge in [0, 0.05) is 29.4 Å². The summed E-state index contributed by atoms with van der Waals surface area (Å²) in [7, 11) is -3.28. The van der Waals surface area contributed by atoms with Crippen LogP contribution in [-0.2, 0) is 10.0 Å². The monoisotopic (exact) mass is 303 g/mol. The van der Waals surface area contributed by atoms with Crippen molar-refractivity contribution in [2.45, 2.75) is 18.4 Å². The highest BCUT2D eigenvalue weighted by molar-refractivity contribution is 7.92. The summed E-state index contributed by atoms with van der Waals surface area (Å²) < 4.78 is 25.0. The zero-order chi connectivity index (χ0) is 15.0. The van der Waals surface area contributed by atoms with E-state index in [1.54, 1.807) is 18.2 Å². The minimum atomic E-state index is -3.28. The lowest BCUT2D eigenvalue weighted by Crippen LogP contribution is -2.09. The van der Waals surface area contributed by atoms with Gasteiger partial charge in [-0.25, -0.2) is 8.42 Å². The molecule has 1 saturated carbocycles. The molecule has 1 fully saturated rings. The Morgan fingerprint density at radius 2 is 2.05 bits per heavy atom. The summed E-state index contributed by atoms with van der Waals surface area (Å²) in [4.78, 5) is 4.45. The molecular formula is C15H17N3O2S. The second kappa shape index (κ2) is 5.13. The van der Waals surface area contributed by atoms with Crippen molar-refractivity contribution < 1.29 is 8.42 Å². The number of anilines is 1. The quantitative estimate of drug-likeness (QED) is 0.904. The van der Waals surface area contributed by atoms with Crippen molar-refractivity contribution in [3.63, 3.8) is 0 Å². The average Bonchev–Trinajstić information content (AvgIpc) is 3.14. The van der Waals surface area contributed by atoms with Crippen LogP contribution in [0.5, 0.6) is 0 Å². The van der Waals surface area contributed by atoms with E-state index in [2.05, 4.69) is 9.71 Å². The molecule has 1 unspecified atom stereocenters. The van der Waals surface area contributed by atoms with Crippen molar-refractivity contribution in [2.24, 2.45) is 5.73 Å². The lowest BCUT2D eigenvalue weighted by atomic mass is 10.1. The third-order valence-electron chi connectivity index (χ3n) is 3.52. The van der Waals surface area contributed by atoms with E-state index in [0.29, 0.717) is 11.6 Å². The van der Waals surface area contributed by atoms with E-state index in [0.717, 1.165) is 29.5 Å². The van der Waals surface area contributed by atoms with E-state index in [1.165, 1.54) is 0 Å². The topological polar surface area (TPSA) is 85.1 Å². The number of aromatic nitrogens is 1. The maximum absolute atomic E-state index is 11.3.